The number of rotatable bonds is 5. The highest BCUT2D eigenvalue weighted by molar-refractivity contribution is 7.92. The van der Waals surface area contributed by atoms with Crippen LogP contribution in [0.25, 0.3) is 0 Å². The molecule has 0 aliphatic heterocycles. The van der Waals surface area contributed by atoms with Crippen LogP contribution >= 0.6 is 0 Å². The van der Waals surface area contributed by atoms with Gasteiger partial charge in [0.15, 0.2) is 9.84 Å². The Morgan fingerprint density at radius 2 is 1.65 bits per heavy atom. The van der Waals surface area contributed by atoms with Crippen LogP contribution in [-0.4, -0.2) is 31.4 Å². The molecule has 4 rings (SSSR count). The lowest BCUT2D eigenvalue weighted by Gasteiger charge is -2.56. The van der Waals surface area contributed by atoms with Crippen molar-refractivity contribution >= 4 is 15.7 Å². The van der Waals surface area contributed by atoms with E-state index in [4.69, 9.17) is 0 Å². The fourth-order valence-electron chi connectivity index (χ4n) is 5.03. The van der Waals surface area contributed by atoms with Crippen molar-refractivity contribution in [2.24, 2.45) is 17.8 Å². The second-order valence-corrected chi connectivity index (χ2v) is 9.20. The number of sulfone groups is 1. The molecule has 4 nitrogen and oxygen atoms in total. The summed E-state index contributed by atoms with van der Waals surface area (Å²) in [6, 6.07) is 0. The highest BCUT2D eigenvalue weighted by Crippen LogP contribution is 2.55. The first kappa shape index (κ1) is 14.1. The van der Waals surface area contributed by atoms with Gasteiger partial charge >= 0.3 is 0 Å². The topological polar surface area (TPSA) is 63.2 Å². The molecule has 0 atom stereocenters. The lowest BCUT2D eigenvalue weighted by atomic mass is 9.53. The Bertz CT molecular complexity index is 488. The molecule has 0 unspecified atom stereocenters. The van der Waals surface area contributed by atoms with Crippen LogP contribution in [0.15, 0.2) is 12.7 Å². The van der Waals surface area contributed by atoms with Crippen LogP contribution in [0.3, 0.4) is 0 Å². The Hall–Kier alpha value is -0.840. The average Bonchev–Trinajstić information content (AvgIpc) is 2.23. The SMILES string of the molecule is C=CCS(=O)(=O)CC(=O)NC12CC3CC(CC(C3)C1)C2. The first-order valence-corrected chi connectivity index (χ1v) is 9.34. The van der Waals surface area contributed by atoms with Crippen LogP contribution < -0.4 is 5.32 Å². The minimum atomic E-state index is -3.34. The monoisotopic (exact) mass is 297 g/mol. The minimum absolute atomic E-state index is 0.102. The maximum Gasteiger partial charge on any atom is 0.235 e. The maximum atomic E-state index is 12.1. The zero-order valence-electron chi connectivity index (χ0n) is 11.8. The van der Waals surface area contributed by atoms with Gasteiger partial charge in [0, 0.05) is 5.54 Å². The Morgan fingerprint density at radius 3 is 2.10 bits per heavy atom. The van der Waals surface area contributed by atoms with Crippen molar-refractivity contribution in [3.8, 4) is 0 Å². The van der Waals surface area contributed by atoms with Gasteiger partial charge in [-0.2, -0.15) is 0 Å². The number of nitrogens with one attached hydrogen (secondary N) is 1. The highest BCUT2D eigenvalue weighted by Gasteiger charge is 2.51. The molecule has 0 spiro atoms. The predicted molar refractivity (Wildman–Crippen MR) is 77.9 cm³/mol. The summed E-state index contributed by atoms with van der Waals surface area (Å²) < 4.78 is 23.4. The van der Waals surface area contributed by atoms with Gasteiger partial charge in [-0.1, -0.05) is 6.08 Å². The summed E-state index contributed by atoms with van der Waals surface area (Å²) in [6.45, 7) is 3.42. The first-order valence-electron chi connectivity index (χ1n) is 7.52. The van der Waals surface area contributed by atoms with Crippen LogP contribution in [0.5, 0.6) is 0 Å². The molecule has 4 aliphatic carbocycles. The molecule has 0 aromatic rings. The summed E-state index contributed by atoms with van der Waals surface area (Å²) in [5.41, 5.74) is -0.102. The van der Waals surface area contributed by atoms with E-state index in [1.807, 2.05) is 0 Å². The molecule has 112 valence electrons. The van der Waals surface area contributed by atoms with Gasteiger partial charge < -0.3 is 5.32 Å². The summed E-state index contributed by atoms with van der Waals surface area (Å²) in [7, 11) is -3.34. The molecule has 0 aromatic carbocycles. The molecule has 0 radical (unpaired) electrons. The lowest BCUT2D eigenvalue weighted by Crippen LogP contribution is -2.60. The molecule has 0 aromatic heterocycles. The van der Waals surface area contributed by atoms with Crippen LogP contribution in [0, 0.1) is 17.8 Å². The molecule has 1 amide bonds. The highest BCUT2D eigenvalue weighted by atomic mass is 32.2. The van der Waals surface area contributed by atoms with E-state index in [2.05, 4.69) is 11.9 Å². The van der Waals surface area contributed by atoms with Gasteiger partial charge in [0.25, 0.3) is 0 Å². The molecule has 0 heterocycles. The van der Waals surface area contributed by atoms with Crippen molar-refractivity contribution in [1.82, 2.24) is 5.32 Å². The van der Waals surface area contributed by atoms with Gasteiger partial charge in [0.05, 0.1) is 5.75 Å². The molecule has 0 saturated heterocycles. The molecule has 4 bridgehead atoms. The average molecular weight is 297 g/mol. The Morgan fingerprint density at radius 1 is 1.15 bits per heavy atom. The van der Waals surface area contributed by atoms with Gasteiger partial charge in [-0.15, -0.1) is 6.58 Å². The Balaban J connectivity index is 1.66. The third-order valence-corrected chi connectivity index (χ3v) is 6.61. The van der Waals surface area contributed by atoms with Gasteiger partial charge in [-0.05, 0) is 56.3 Å². The molecular formula is C15H23NO3S. The van der Waals surface area contributed by atoms with Crippen LogP contribution in [0.1, 0.15) is 38.5 Å². The van der Waals surface area contributed by atoms with E-state index in [1.54, 1.807) is 0 Å². The second-order valence-electron chi connectivity index (χ2n) is 7.09. The smallest absolute Gasteiger partial charge is 0.235 e. The van der Waals surface area contributed by atoms with E-state index in [0.29, 0.717) is 0 Å². The van der Waals surface area contributed by atoms with Crippen LogP contribution in [0.4, 0.5) is 0 Å². The zero-order valence-corrected chi connectivity index (χ0v) is 12.6. The number of hydrogen-bond acceptors (Lipinski definition) is 3. The number of hydrogen-bond donors (Lipinski definition) is 1. The minimum Gasteiger partial charge on any atom is -0.350 e. The number of carbonyl (C=O) groups excluding carboxylic acids is 1. The second kappa shape index (κ2) is 4.86. The third kappa shape index (κ3) is 2.78. The van der Waals surface area contributed by atoms with Gasteiger partial charge in [0.2, 0.25) is 5.91 Å². The molecule has 5 heteroatoms. The fourth-order valence-corrected chi connectivity index (χ4v) is 5.98. The summed E-state index contributed by atoms with van der Waals surface area (Å²) in [4.78, 5) is 12.1. The van der Waals surface area contributed by atoms with Crippen molar-refractivity contribution in [2.75, 3.05) is 11.5 Å². The molecule has 20 heavy (non-hydrogen) atoms. The summed E-state index contributed by atoms with van der Waals surface area (Å²) in [6.07, 6.45) is 8.41. The molecular weight excluding hydrogens is 274 g/mol. The van der Waals surface area contributed by atoms with Gasteiger partial charge in [0.1, 0.15) is 5.75 Å². The Kier molecular flexibility index (Phi) is 3.43. The van der Waals surface area contributed by atoms with Crippen molar-refractivity contribution in [2.45, 2.75) is 44.1 Å². The molecule has 4 saturated carbocycles. The standard InChI is InChI=1S/C15H23NO3S/c1-2-3-20(18,19)10-14(17)16-15-7-11-4-12(8-15)6-13(5-11)9-15/h2,11-13H,1,3-10H2,(H,16,17). The summed E-state index contributed by atoms with van der Waals surface area (Å²) >= 11 is 0. The fraction of sp³-hybridized carbons (Fsp3) is 0.800. The van der Waals surface area contributed by atoms with Gasteiger partial charge in [-0.25, -0.2) is 8.42 Å². The number of amides is 1. The predicted octanol–water partition coefficient (Wildman–Crippen LogP) is 1.67. The van der Waals surface area contributed by atoms with E-state index in [1.165, 1.54) is 25.3 Å². The van der Waals surface area contributed by atoms with E-state index in [0.717, 1.165) is 37.0 Å². The normalized spacial score (nSPS) is 38.7. The van der Waals surface area contributed by atoms with Crippen molar-refractivity contribution in [1.29, 1.82) is 0 Å². The van der Waals surface area contributed by atoms with Crippen LogP contribution in [-0.2, 0) is 14.6 Å². The van der Waals surface area contributed by atoms with Crippen molar-refractivity contribution in [3.63, 3.8) is 0 Å². The van der Waals surface area contributed by atoms with E-state index in [9.17, 15) is 13.2 Å². The van der Waals surface area contributed by atoms with Crippen LogP contribution in [0.2, 0.25) is 0 Å². The Labute approximate surface area is 120 Å². The molecule has 4 fully saturated rings. The number of carbonyl (C=O) groups is 1. The van der Waals surface area contributed by atoms with Crippen molar-refractivity contribution in [3.05, 3.63) is 12.7 Å². The molecule has 1 N–H and O–H groups in total. The van der Waals surface area contributed by atoms with E-state index < -0.39 is 15.6 Å². The van der Waals surface area contributed by atoms with Crippen molar-refractivity contribution < 1.29 is 13.2 Å². The van der Waals surface area contributed by atoms with E-state index >= 15 is 0 Å². The summed E-state index contributed by atoms with van der Waals surface area (Å²) in [5, 5.41) is 3.09. The first-order chi connectivity index (χ1) is 9.40. The quantitative estimate of drug-likeness (QED) is 0.785. The third-order valence-electron chi connectivity index (χ3n) is 5.17. The zero-order chi connectivity index (χ0) is 14.4. The maximum absolute atomic E-state index is 12.1. The van der Waals surface area contributed by atoms with Gasteiger partial charge in [-0.3, -0.25) is 4.79 Å². The molecule has 4 aliphatic rings. The van der Waals surface area contributed by atoms with E-state index in [-0.39, 0.29) is 17.2 Å². The summed E-state index contributed by atoms with van der Waals surface area (Å²) in [5.74, 6) is 1.38. The lowest BCUT2D eigenvalue weighted by molar-refractivity contribution is -0.124. The largest absolute Gasteiger partial charge is 0.350 e.